The summed E-state index contributed by atoms with van der Waals surface area (Å²) in [6, 6.07) is 8.17. The van der Waals surface area contributed by atoms with E-state index >= 15 is 0 Å². The molecule has 4 rings (SSSR count). The molecule has 0 spiro atoms. The van der Waals surface area contributed by atoms with Crippen LogP contribution in [0.2, 0.25) is 0 Å². The van der Waals surface area contributed by atoms with Gasteiger partial charge in [-0.15, -0.1) is 11.3 Å². The summed E-state index contributed by atoms with van der Waals surface area (Å²) in [4.78, 5) is 32.7. The van der Waals surface area contributed by atoms with E-state index < -0.39 is 0 Å². The van der Waals surface area contributed by atoms with Crippen LogP contribution in [0.1, 0.15) is 61.5 Å². The first-order valence-corrected chi connectivity index (χ1v) is 11.6. The highest BCUT2D eigenvalue weighted by atomic mass is 32.1. The van der Waals surface area contributed by atoms with Gasteiger partial charge in [0.15, 0.2) is 10.9 Å². The number of hydrogen-bond donors (Lipinski definition) is 0. The van der Waals surface area contributed by atoms with Gasteiger partial charge in [0.1, 0.15) is 12.4 Å². The Hall–Kier alpha value is -2.51. The normalized spacial score (nSPS) is 13.3. The summed E-state index contributed by atoms with van der Waals surface area (Å²) >= 11 is 2.73. The number of thiazole rings is 1. The highest BCUT2D eigenvalue weighted by Gasteiger charge is 2.37. The zero-order chi connectivity index (χ0) is 21.4. The Morgan fingerprint density at radius 2 is 1.97 bits per heavy atom. The Labute approximate surface area is 184 Å². The van der Waals surface area contributed by atoms with Gasteiger partial charge in [0.05, 0.1) is 15.4 Å². The van der Waals surface area contributed by atoms with E-state index in [4.69, 9.17) is 4.74 Å². The number of aromatic nitrogens is 1. The molecule has 1 amide bonds. The molecule has 0 aliphatic heterocycles. The molecule has 2 heterocycles. The Balaban J connectivity index is 1.50. The van der Waals surface area contributed by atoms with E-state index in [0.717, 1.165) is 29.7 Å². The van der Waals surface area contributed by atoms with Crippen molar-refractivity contribution >= 4 is 39.5 Å². The van der Waals surface area contributed by atoms with Crippen LogP contribution in [-0.2, 0) is 6.61 Å². The number of carbonyl (C=O) groups is 2. The first-order valence-electron chi connectivity index (χ1n) is 9.93. The van der Waals surface area contributed by atoms with Crippen molar-refractivity contribution in [2.45, 2.75) is 53.2 Å². The van der Waals surface area contributed by atoms with E-state index in [2.05, 4.69) is 18.0 Å². The number of rotatable bonds is 7. The summed E-state index contributed by atoms with van der Waals surface area (Å²) in [5.74, 6) is 0.792. The van der Waals surface area contributed by atoms with E-state index in [1.165, 1.54) is 35.2 Å². The molecule has 2 aromatic heterocycles. The van der Waals surface area contributed by atoms with Gasteiger partial charge in [-0.1, -0.05) is 29.0 Å². The predicted molar refractivity (Wildman–Crippen MR) is 121 cm³/mol. The second-order valence-electron chi connectivity index (χ2n) is 7.75. The highest BCUT2D eigenvalue weighted by Crippen LogP contribution is 2.37. The number of carbonyl (C=O) groups excluding carboxylic acids is 2. The summed E-state index contributed by atoms with van der Waals surface area (Å²) in [5, 5.41) is 2.59. The van der Waals surface area contributed by atoms with Crippen LogP contribution in [0.3, 0.4) is 0 Å². The largest absolute Gasteiger partial charge is 0.489 e. The van der Waals surface area contributed by atoms with Crippen molar-refractivity contribution in [1.29, 1.82) is 0 Å². The van der Waals surface area contributed by atoms with Crippen molar-refractivity contribution in [2.75, 3.05) is 4.90 Å². The number of anilines is 1. The molecule has 30 heavy (non-hydrogen) atoms. The lowest BCUT2D eigenvalue weighted by Crippen LogP contribution is -2.32. The van der Waals surface area contributed by atoms with Gasteiger partial charge in [-0.05, 0) is 56.7 Å². The van der Waals surface area contributed by atoms with Crippen molar-refractivity contribution in [1.82, 2.24) is 4.98 Å². The number of amides is 1. The van der Waals surface area contributed by atoms with Crippen LogP contribution < -0.4 is 9.64 Å². The number of aryl methyl sites for hydroxylation is 3. The van der Waals surface area contributed by atoms with Gasteiger partial charge < -0.3 is 4.74 Å². The van der Waals surface area contributed by atoms with Gasteiger partial charge in [-0.2, -0.15) is 0 Å². The maximum atomic E-state index is 13.3. The summed E-state index contributed by atoms with van der Waals surface area (Å²) in [6.45, 7) is 7.86. The molecular formula is C23H24N2O3S2. The van der Waals surface area contributed by atoms with Gasteiger partial charge in [0.25, 0.3) is 5.91 Å². The minimum atomic E-state index is -0.0517. The molecule has 3 aromatic rings. The molecule has 5 nitrogen and oxygen atoms in total. The van der Waals surface area contributed by atoms with Gasteiger partial charge in [-0.25, -0.2) is 4.98 Å². The number of ketones is 1. The van der Waals surface area contributed by atoms with Crippen LogP contribution in [0.25, 0.3) is 0 Å². The first-order chi connectivity index (χ1) is 14.3. The Morgan fingerprint density at radius 3 is 2.60 bits per heavy atom. The standard InChI is InChI=1S/C23H24N2O3S2/c1-13-5-8-19(14(2)9-13)28-11-17-10-20(29-12-17)22(27)25(18-6-7-18)23-24-15(3)21(30-23)16(4)26/h5,8-10,12,18H,6-7,11H2,1-4H3. The van der Waals surface area contributed by atoms with Crippen molar-refractivity contribution < 1.29 is 14.3 Å². The number of thiophene rings is 1. The Kier molecular flexibility index (Phi) is 5.75. The van der Waals surface area contributed by atoms with E-state index in [9.17, 15) is 9.59 Å². The monoisotopic (exact) mass is 440 g/mol. The molecule has 0 radical (unpaired) electrons. The zero-order valence-corrected chi connectivity index (χ0v) is 19.2. The lowest BCUT2D eigenvalue weighted by atomic mass is 10.1. The molecule has 1 saturated carbocycles. The van der Waals surface area contributed by atoms with E-state index in [1.54, 1.807) is 4.90 Å². The lowest BCUT2D eigenvalue weighted by molar-refractivity contribution is 0.0986. The van der Waals surface area contributed by atoms with Crippen LogP contribution >= 0.6 is 22.7 Å². The van der Waals surface area contributed by atoms with E-state index in [1.807, 2.05) is 37.4 Å². The molecule has 7 heteroatoms. The van der Waals surface area contributed by atoms with Crippen molar-refractivity contribution in [2.24, 2.45) is 0 Å². The summed E-state index contributed by atoms with van der Waals surface area (Å²) in [6.07, 6.45) is 1.93. The average Bonchev–Trinajstić information content (AvgIpc) is 3.26. The molecule has 1 fully saturated rings. The maximum Gasteiger partial charge on any atom is 0.270 e. The Morgan fingerprint density at radius 1 is 1.20 bits per heavy atom. The second-order valence-corrected chi connectivity index (χ2v) is 9.64. The summed E-state index contributed by atoms with van der Waals surface area (Å²) in [7, 11) is 0. The minimum Gasteiger partial charge on any atom is -0.489 e. The predicted octanol–water partition coefficient (Wildman–Crippen LogP) is 5.72. The number of Topliss-reactive ketones (excluding diaryl/α,β-unsaturated/α-hetero) is 1. The fourth-order valence-corrected chi connectivity index (χ4v) is 5.22. The van der Waals surface area contributed by atoms with Crippen molar-refractivity contribution in [3.63, 3.8) is 0 Å². The first kappa shape index (κ1) is 20.8. The number of nitrogens with zero attached hydrogens (tertiary/aromatic N) is 2. The third kappa shape index (κ3) is 4.32. The molecule has 1 aliphatic rings. The van der Waals surface area contributed by atoms with Crippen LogP contribution in [0.5, 0.6) is 5.75 Å². The molecule has 0 N–H and O–H groups in total. The van der Waals surface area contributed by atoms with E-state index in [-0.39, 0.29) is 17.7 Å². The average molecular weight is 441 g/mol. The summed E-state index contributed by atoms with van der Waals surface area (Å²) < 4.78 is 5.96. The second kappa shape index (κ2) is 8.32. The fourth-order valence-electron chi connectivity index (χ4n) is 3.36. The lowest BCUT2D eigenvalue weighted by Gasteiger charge is -2.18. The molecule has 0 saturated heterocycles. The molecule has 156 valence electrons. The molecule has 0 atom stereocenters. The Bertz CT molecular complexity index is 1110. The van der Waals surface area contributed by atoms with Crippen LogP contribution in [0.4, 0.5) is 5.13 Å². The molecular weight excluding hydrogens is 416 g/mol. The third-order valence-electron chi connectivity index (χ3n) is 5.03. The number of benzene rings is 1. The van der Waals surface area contributed by atoms with Crippen molar-refractivity contribution in [3.05, 3.63) is 61.8 Å². The van der Waals surface area contributed by atoms with Gasteiger partial charge in [-0.3, -0.25) is 14.5 Å². The minimum absolute atomic E-state index is 0.0126. The van der Waals surface area contributed by atoms with Gasteiger partial charge in [0, 0.05) is 18.5 Å². The van der Waals surface area contributed by atoms with E-state index in [0.29, 0.717) is 27.2 Å². The number of ether oxygens (including phenoxy) is 1. The molecule has 1 aromatic carbocycles. The van der Waals surface area contributed by atoms with Crippen LogP contribution in [-0.4, -0.2) is 22.7 Å². The summed E-state index contributed by atoms with van der Waals surface area (Å²) in [5.41, 5.74) is 3.96. The maximum absolute atomic E-state index is 13.3. The smallest absolute Gasteiger partial charge is 0.270 e. The van der Waals surface area contributed by atoms with Crippen molar-refractivity contribution in [3.8, 4) is 5.75 Å². The quantitative estimate of drug-likeness (QED) is 0.441. The molecule has 1 aliphatic carbocycles. The topological polar surface area (TPSA) is 59.5 Å². The zero-order valence-electron chi connectivity index (χ0n) is 17.5. The van der Waals surface area contributed by atoms with Crippen LogP contribution in [0.15, 0.2) is 29.6 Å². The van der Waals surface area contributed by atoms with Gasteiger partial charge >= 0.3 is 0 Å². The third-order valence-corrected chi connectivity index (χ3v) is 7.26. The highest BCUT2D eigenvalue weighted by molar-refractivity contribution is 7.18. The van der Waals surface area contributed by atoms with Crippen LogP contribution in [0, 0.1) is 20.8 Å². The fraction of sp³-hybridized carbons (Fsp3) is 0.348. The van der Waals surface area contributed by atoms with Gasteiger partial charge in [0.2, 0.25) is 0 Å². The number of hydrogen-bond acceptors (Lipinski definition) is 6. The molecule has 0 bridgehead atoms. The molecule has 0 unspecified atom stereocenters. The SMILES string of the molecule is CC(=O)c1sc(N(C(=O)c2cc(COc3ccc(C)cc3C)cs2)C2CC2)nc1C.